The summed E-state index contributed by atoms with van der Waals surface area (Å²) in [7, 11) is 0. The number of alkyl halides is 5. The van der Waals surface area contributed by atoms with Gasteiger partial charge in [-0.25, -0.2) is 0 Å². The van der Waals surface area contributed by atoms with Crippen LogP contribution in [0, 0.1) is 10.8 Å². The van der Waals surface area contributed by atoms with Gasteiger partial charge in [0, 0.05) is 5.41 Å². The quantitative estimate of drug-likeness (QED) is 0.564. The Labute approximate surface area is 155 Å². The van der Waals surface area contributed by atoms with Gasteiger partial charge in [0.15, 0.2) is 11.9 Å². The Hall–Kier alpha value is -1.00. The number of carbonyl (C=O) groups excluding carboxylic acids is 1. The maximum absolute atomic E-state index is 14.8. The number of esters is 1. The predicted octanol–water partition coefficient (Wildman–Crippen LogP) is 4.03. The molecule has 27 heavy (non-hydrogen) atoms. The molecule has 1 aliphatic heterocycles. The van der Waals surface area contributed by atoms with Gasteiger partial charge in [0.25, 0.3) is 0 Å². The smallest absolute Gasteiger partial charge is 0.449 e. The lowest BCUT2D eigenvalue weighted by atomic mass is 9.85. The molecule has 0 aliphatic carbocycles. The lowest BCUT2D eigenvalue weighted by molar-refractivity contribution is -0.530. The third kappa shape index (κ3) is 4.07. The molecule has 1 N–H and O–H groups in total. The van der Waals surface area contributed by atoms with Crippen LogP contribution in [0.3, 0.4) is 0 Å². The maximum atomic E-state index is 14.8. The van der Waals surface area contributed by atoms with Crippen LogP contribution in [0.4, 0.5) is 22.0 Å². The van der Waals surface area contributed by atoms with E-state index in [1.54, 1.807) is 6.92 Å². The topological polar surface area (TPSA) is 65.0 Å². The predicted molar refractivity (Wildman–Crippen MR) is 84.8 cm³/mol. The molecule has 0 aromatic rings. The zero-order valence-corrected chi connectivity index (χ0v) is 16.5. The summed E-state index contributed by atoms with van der Waals surface area (Å²) < 4.78 is 83.9. The second-order valence-corrected chi connectivity index (χ2v) is 8.69. The molecule has 10 heteroatoms. The Bertz CT molecular complexity index is 569. The molecular formula is C17H27F5O5. The molecule has 160 valence electrons. The first-order valence-electron chi connectivity index (χ1n) is 8.45. The highest BCUT2D eigenvalue weighted by Gasteiger charge is 2.81. The largest absolute Gasteiger partial charge is 0.462 e. The maximum Gasteiger partial charge on any atom is 0.449 e. The molecule has 0 spiro atoms. The number of ether oxygens (including phenoxy) is 3. The minimum absolute atomic E-state index is 0.319. The fourth-order valence-corrected chi connectivity index (χ4v) is 2.19. The van der Waals surface area contributed by atoms with Crippen LogP contribution in [0.2, 0.25) is 0 Å². The van der Waals surface area contributed by atoms with Crippen molar-refractivity contribution in [3.05, 3.63) is 0 Å². The summed E-state index contributed by atoms with van der Waals surface area (Å²) in [5.41, 5.74) is -5.20. The highest BCUT2D eigenvalue weighted by atomic mass is 19.4. The highest BCUT2D eigenvalue weighted by Crippen LogP contribution is 2.55. The second kappa shape index (κ2) is 6.81. The van der Waals surface area contributed by atoms with Crippen molar-refractivity contribution in [1.82, 2.24) is 0 Å². The molecule has 0 bridgehead atoms. The van der Waals surface area contributed by atoms with Crippen molar-refractivity contribution in [2.75, 3.05) is 6.61 Å². The molecule has 5 nitrogen and oxygen atoms in total. The number of halogens is 5. The van der Waals surface area contributed by atoms with Crippen molar-refractivity contribution in [3.63, 3.8) is 0 Å². The van der Waals surface area contributed by atoms with Gasteiger partial charge in [0.1, 0.15) is 6.61 Å². The third-order valence-electron chi connectivity index (χ3n) is 4.74. The van der Waals surface area contributed by atoms with Crippen molar-refractivity contribution < 1.29 is 46.1 Å². The normalized spacial score (nSPS) is 32.3. The first-order valence-corrected chi connectivity index (χ1v) is 8.45. The van der Waals surface area contributed by atoms with Gasteiger partial charge in [0.05, 0.1) is 5.41 Å². The highest BCUT2D eigenvalue weighted by molar-refractivity contribution is 5.75. The summed E-state index contributed by atoms with van der Waals surface area (Å²) in [5, 5.41) is 9.86. The molecular weight excluding hydrogens is 379 g/mol. The Morgan fingerprint density at radius 3 is 1.96 bits per heavy atom. The van der Waals surface area contributed by atoms with Crippen LogP contribution < -0.4 is 0 Å². The van der Waals surface area contributed by atoms with Crippen LogP contribution >= 0.6 is 0 Å². The van der Waals surface area contributed by atoms with Gasteiger partial charge in [-0.1, -0.05) is 27.7 Å². The molecule has 0 radical (unpaired) electrons. The van der Waals surface area contributed by atoms with Crippen molar-refractivity contribution in [2.24, 2.45) is 10.8 Å². The molecule has 1 aliphatic rings. The van der Waals surface area contributed by atoms with E-state index in [-0.39, 0.29) is 0 Å². The van der Waals surface area contributed by atoms with Gasteiger partial charge in [-0.05, 0) is 27.2 Å². The average molecular weight is 406 g/mol. The van der Waals surface area contributed by atoms with E-state index >= 15 is 0 Å². The van der Waals surface area contributed by atoms with E-state index in [4.69, 9.17) is 9.47 Å². The number of hydrogen-bond donors (Lipinski definition) is 1. The number of rotatable bonds is 4. The minimum Gasteiger partial charge on any atom is -0.462 e. The SMILES string of the molecule is CCC(C)(C)C(=O)OCC1(C)OC(C(C)(C)C)OC(O)(C(F)(F)F)C1(F)F. The van der Waals surface area contributed by atoms with Gasteiger partial charge in [0.2, 0.25) is 0 Å². The lowest BCUT2D eigenvalue weighted by Crippen LogP contribution is -2.76. The van der Waals surface area contributed by atoms with Crippen LogP contribution in [0.15, 0.2) is 0 Å². The summed E-state index contributed by atoms with van der Waals surface area (Å²) in [5.74, 6) is -10.6. The van der Waals surface area contributed by atoms with Crippen LogP contribution in [0.1, 0.15) is 54.9 Å². The van der Waals surface area contributed by atoms with Crippen LogP contribution in [0.5, 0.6) is 0 Å². The first kappa shape index (κ1) is 24.0. The summed E-state index contributed by atoms with van der Waals surface area (Å²) in [6, 6.07) is 0. The molecule has 3 atom stereocenters. The van der Waals surface area contributed by atoms with Crippen LogP contribution in [-0.2, 0) is 19.0 Å². The molecule has 0 aromatic carbocycles. The lowest BCUT2D eigenvalue weighted by Gasteiger charge is -2.54. The van der Waals surface area contributed by atoms with Gasteiger partial charge >= 0.3 is 23.9 Å². The zero-order chi connectivity index (χ0) is 21.7. The first-order chi connectivity index (χ1) is 11.8. The van der Waals surface area contributed by atoms with E-state index in [9.17, 15) is 31.9 Å². The van der Waals surface area contributed by atoms with Crippen molar-refractivity contribution in [3.8, 4) is 0 Å². The van der Waals surface area contributed by atoms with E-state index in [2.05, 4.69) is 4.74 Å². The van der Waals surface area contributed by atoms with E-state index in [0.717, 1.165) is 0 Å². The molecule has 0 saturated carbocycles. The van der Waals surface area contributed by atoms with E-state index < -0.39 is 53.2 Å². The Morgan fingerprint density at radius 1 is 1.11 bits per heavy atom. The van der Waals surface area contributed by atoms with Crippen molar-refractivity contribution >= 4 is 5.97 Å². The van der Waals surface area contributed by atoms with Gasteiger partial charge in [-0.2, -0.15) is 22.0 Å². The Balaban J connectivity index is 3.34. The van der Waals surface area contributed by atoms with Crippen molar-refractivity contribution in [1.29, 1.82) is 0 Å². The minimum atomic E-state index is -5.82. The average Bonchev–Trinajstić information content (AvgIpc) is 2.48. The standard InChI is InChI=1S/C17H27F5O5/c1-8-13(5,6)10(23)25-9-14(7)15(18,19)16(24,17(20,21)22)27-11(26-14)12(2,3)4/h11,24H,8-9H2,1-7H3. The van der Waals surface area contributed by atoms with E-state index in [0.29, 0.717) is 13.3 Å². The molecule has 3 unspecified atom stereocenters. The van der Waals surface area contributed by atoms with Crippen molar-refractivity contribution in [2.45, 2.75) is 84.7 Å². The van der Waals surface area contributed by atoms with E-state index in [1.165, 1.54) is 34.6 Å². The summed E-state index contributed by atoms with van der Waals surface area (Å²) in [6.07, 6.45) is -7.34. The fourth-order valence-electron chi connectivity index (χ4n) is 2.19. The second-order valence-electron chi connectivity index (χ2n) is 8.69. The van der Waals surface area contributed by atoms with Crippen LogP contribution in [0.25, 0.3) is 0 Å². The molecule has 0 aromatic heterocycles. The monoisotopic (exact) mass is 406 g/mol. The summed E-state index contributed by atoms with van der Waals surface area (Å²) >= 11 is 0. The number of hydrogen-bond acceptors (Lipinski definition) is 5. The summed E-state index contributed by atoms with van der Waals surface area (Å²) in [4.78, 5) is 12.1. The Kier molecular flexibility index (Phi) is 6.06. The molecule has 1 rings (SSSR count). The number of aliphatic hydroxyl groups is 1. The Morgan fingerprint density at radius 2 is 1.59 bits per heavy atom. The molecule has 1 heterocycles. The third-order valence-corrected chi connectivity index (χ3v) is 4.74. The molecule has 1 fully saturated rings. The zero-order valence-electron chi connectivity index (χ0n) is 16.5. The molecule has 0 amide bonds. The van der Waals surface area contributed by atoms with Crippen LogP contribution in [-0.4, -0.2) is 47.5 Å². The van der Waals surface area contributed by atoms with Gasteiger partial charge in [-0.15, -0.1) is 0 Å². The fraction of sp³-hybridized carbons (Fsp3) is 0.941. The molecule has 1 saturated heterocycles. The van der Waals surface area contributed by atoms with Gasteiger partial charge < -0.3 is 19.3 Å². The van der Waals surface area contributed by atoms with Gasteiger partial charge in [-0.3, -0.25) is 4.79 Å². The summed E-state index contributed by atoms with van der Waals surface area (Å²) in [6.45, 7) is 8.31. The van der Waals surface area contributed by atoms with E-state index in [1.807, 2.05) is 0 Å². The number of carbonyl (C=O) groups is 1.